The zero-order valence-electron chi connectivity index (χ0n) is 15.8. The summed E-state index contributed by atoms with van der Waals surface area (Å²) in [5, 5.41) is 18.0. The molecule has 3 aromatic rings. The van der Waals surface area contributed by atoms with Gasteiger partial charge in [0.05, 0.1) is 19.0 Å². The molecular formula is C20H20FN3O5. The second-order valence-electron chi connectivity index (χ2n) is 5.85. The molecule has 0 amide bonds. The first-order chi connectivity index (χ1) is 13.8. The maximum Gasteiger partial charge on any atom is 0.414 e. The van der Waals surface area contributed by atoms with Crippen LogP contribution < -0.4 is 10.1 Å². The summed E-state index contributed by atoms with van der Waals surface area (Å²) in [6, 6.07) is 14.3. The first kappa shape index (κ1) is 21.4. The number of halogens is 1. The van der Waals surface area contributed by atoms with Crippen LogP contribution in [-0.2, 0) is 23.2 Å². The van der Waals surface area contributed by atoms with Crippen molar-refractivity contribution < 1.29 is 28.9 Å². The van der Waals surface area contributed by atoms with Crippen LogP contribution in [0, 0.1) is 5.82 Å². The number of nitrogens with zero attached hydrogens (tertiary/aromatic N) is 2. The standard InChI is InChI=1S/C18H18FN3O.C2H2O4/c1-22-17(14-4-3-5-16(10-14)23-2)12-21-18(22)20-11-13-6-8-15(19)9-7-13;3-1(4)2(5)6/h3-10,12H,11H2,1-2H3,(H,20,21);(H,3,4)(H,5,6). The number of benzene rings is 2. The van der Waals surface area contributed by atoms with E-state index < -0.39 is 11.9 Å². The van der Waals surface area contributed by atoms with E-state index in [0.29, 0.717) is 6.54 Å². The smallest absolute Gasteiger partial charge is 0.414 e. The topological polar surface area (TPSA) is 114 Å². The molecule has 0 aliphatic heterocycles. The number of carboxylic acids is 2. The highest BCUT2D eigenvalue weighted by atomic mass is 19.1. The minimum atomic E-state index is -1.82. The number of imidazole rings is 1. The Morgan fingerprint density at radius 1 is 1.14 bits per heavy atom. The SMILES string of the molecule is COc1cccc(-c2cnc(NCc3ccc(F)cc3)n2C)c1.O=C(O)C(=O)O. The first-order valence-electron chi connectivity index (χ1n) is 8.42. The number of aromatic nitrogens is 2. The number of rotatable bonds is 5. The van der Waals surface area contributed by atoms with Crippen molar-refractivity contribution in [1.82, 2.24) is 9.55 Å². The fourth-order valence-corrected chi connectivity index (χ4v) is 2.41. The summed E-state index contributed by atoms with van der Waals surface area (Å²) in [7, 11) is 3.60. The van der Waals surface area contributed by atoms with Gasteiger partial charge in [0.15, 0.2) is 0 Å². The Balaban J connectivity index is 0.000000438. The molecule has 0 aliphatic rings. The van der Waals surface area contributed by atoms with Crippen LogP contribution in [0.4, 0.5) is 10.3 Å². The van der Waals surface area contributed by atoms with Crippen LogP contribution in [0.5, 0.6) is 5.75 Å². The minimum Gasteiger partial charge on any atom is -0.497 e. The van der Waals surface area contributed by atoms with Gasteiger partial charge in [0.1, 0.15) is 11.6 Å². The molecule has 3 rings (SSSR count). The highest BCUT2D eigenvalue weighted by molar-refractivity contribution is 6.27. The van der Waals surface area contributed by atoms with Crippen LogP contribution in [0.2, 0.25) is 0 Å². The van der Waals surface area contributed by atoms with E-state index in [1.807, 2.05) is 42.1 Å². The van der Waals surface area contributed by atoms with E-state index in [-0.39, 0.29) is 5.82 Å². The molecule has 9 heteroatoms. The maximum atomic E-state index is 12.9. The van der Waals surface area contributed by atoms with Crippen LogP contribution in [0.3, 0.4) is 0 Å². The number of hydrogen-bond donors (Lipinski definition) is 3. The molecule has 0 atom stereocenters. The van der Waals surface area contributed by atoms with Gasteiger partial charge in [-0.25, -0.2) is 19.0 Å². The number of hydrogen-bond acceptors (Lipinski definition) is 5. The predicted molar refractivity (Wildman–Crippen MR) is 104 cm³/mol. The van der Waals surface area contributed by atoms with Gasteiger partial charge in [-0.1, -0.05) is 24.3 Å². The van der Waals surface area contributed by atoms with Gasteiger partial charge >= 0.3 is 11.9 Å². The molecule has 0 saturated carbocycles. The highest BCUT2D eigenvalue weighted by Gasteiger charge is 2.09. The van der Waals surface area contributed by atoms with Crippen LogP contribution in [0.1, 0.15) is 5.56 Å². The molecule has 29 heavy (non-hydrogen) atoms. The van der Waals surface area contributed by atoms with Crippen molar-refractivity contribution in [1.29, 1.82) is 0 Å². The third kappa shape index (κ3) is 6.06. The molecular weight excluding hydrogens is 381 g/mol. The summed E-state index contributed by atoms with van der Waals surface area (Å²) < 4.78 is 20.2. The Morgan fingerprint density at radius 2 is 1.79 bits per heavy atom. The molecule has 1 aromatic heterocycles. The van der Waals surface area contributed by atoms with Gasteiger partial charge in [-0.2, -0.15) is 0 Å². The second kappa shape index (κ2) is 9.88. The molecule has 1 heterocycles. The van der Waals surface area contributed by atoms with Crippen molar-refractivity contribution in [3.8, 4) is 17.0 Å². The van der Waals surface area contributed by atoms with Crippen molar-refractivity contribution in [2.24, 2.45) is 7.05 Å². The molecule has 0 bridgehead atoms. The molecule has 0 saturated heterocycles. The van der Waals surface area contributed by atoms with E-state index in [9.17, 15) is 4.39 Å². The Labute approximate surface area is 166 Å². The fourth-order valence-electron chi connectivity index (χ4n) is 2.41. The quantitative estimate of drug-likeness (QED) is 0.563. The number of anilines is 1. The Bertz CT molecular complexity index is 974. The van der Waals surface area contributed by atoms with E-state index in [1.165, 1.54) is 12.1 Å². The van der Waals surface area contributed by atoms with Crippen LogP contribution in [0.15, 0.2) is 54.7 Å². The number of carboxylic acid groups (broad SMARTS) is 2. The lowest BCUT2D eigenvalue weighted by molar-refractivity contribution is -0.159. The molecule has 3 N–H and O–H groups in total. The molecule has 0 radical (unpaired) electrons. The van der Waals surface area contributed by atoms with Crippen molar-refractivity contribution in [2.45, 2.75) is 6.54 Å². The number of methoxy groups -OCH3 is 1. The minimum absolute atomic E-state index is 0.231. The number of ether oxygens (including phenoxy) is 1. The molecule has 0 fully saturated rings. The predicted octanol–water partition coefficient (Wildman–Crippen LogP) is 3.00. The normalized spacial score (nSPS) is 9.90. The number of aliphatic carboxylic acids is 2. The average Bonchev–Trinajstić information content (AvgIpc) is 3.08. The van der Waals surface area contributed by atoms with Gasteiger partial charge in [0.2, 0.25) is 5.95 Å². The summed E-state index contributed by atoms with van der Waals surface area (Å²) >= 11 is 0. The number of carbonyl (C=O) groups is 2. The molecule has 2 aromatic carbocycles. The first-order valence-corrected chi connectivity index (χ1v) is 8.42. The van der Waals surface area contributed by atoms with E-state index in [2.05, 4.69) is 10.3 Å². The monoisotopic (exact) mass is 401 g/mol. The zero-order valence-corrected chi connectivity index (χ0v) is 15.8. The molecule has 0 aliphatic carbocycles. The molecule has 0 unspecified atom stereocenters. The fraction of sp³-hybridized carbons (Fsp3) is 0.150. The summed E-state index contributed by atoms with van der Waals surface area (Å²) in [5.74, 6) is -2.31. The third-order valence-corrected chi connectivity index (χ3v) is 3.90. The van der Waals surface area contributed by atoms with Crippen molar-refractivity contribution in [3.05, 3.63) is 66.1 Å². The van der Waals surface area contributed by atoms with Crippen LogP contribution in [0.25, 0.3) is 11.3 Å². The lowest BCUT2D eigenvalue weighted by Gasteiger charge is -2.09. The van der Waals surface area contributed by atoms with Gasteiger partial charge in [-0.05, 0) is 29.8 Å². The Kier molecular flexibility index (Phi) is 7.30. The largest absolute Gasteiger partial charge is 0.497 e. The second-order valence-corrected chi connectivity index (χ2v) is 5.85. The third-order valence-electron chi connectivity index (χ3n) is 3.90. The van der Waals surface area contributed by atoms with Crippen molar-refractivity contribution in [3.63, 3.8) is 0 Å². The van der Waals surface area contributed by atoms with Crippen LogP contribution in [-0.4, -0.2) is 38.8 Å². The van der Waals surface area contributed by atoms with Gasteiger partial charge in [0.25, 0.3) is 0 Å². The van der Waals surface area contributed by atoms with Crippen LogP contribution >= 0.6 is 0 Å². The lowest BCUT2D eigenvalue weighted by atomic mass is 10.1. The van der Waals surface area contributed by atoms with Crippen molar-refractivity contribution >= 4 is 17.9 Å². The summed E-state index contributed by atoms with van der Waals surface area (Å²) in [5.41, 5.74) is 3.03. The highest BCUT2D eigenvalue weighted by Crippen LogP contribution is 2.25. The summed E-state index contributed by atoms with van der Waals surface area (Å²) in [6.45, 7) is 0.586. The van der Waals surface area contributed by atoms with Gasteiger partial charge in [-0.15, -0.1) is 0 Å². The zero-order chi connectivity index (χ0) is 21.4. The number of nitrogens with one attached hydrogen (secondary N) is 1. The molecule has 152 valence electrons. The van der Waals surface area contributed by atoms with E-state index in [4.69, 9.17) is 24.5 Å². The Hall–Kier alpha value is -3.88. The Morgan fingerprint density at radius 3 is 2.38 bits per heavy atom. The van der Waals surface area contributed by atoms with Gasteiger partial charge < -0.3 is 24.8 Å². The summed E-state index contributed by atoms with van der Waals surface area (Å²) in [4.78, 5) is 22.6. The maximum absolute atomic E-state index is 12.9. The van der Waals surface area contributed by atoms with Crippen molar-refractivity contribution in [2.75, 3.05) is 12.4 Å². The molecule has 0 spiro atoms. The average molecular weight is 401 g/mol. The summed E-state index contributed by atoms with van der Waals surface area (Å²) in [6.07, 6.45) is 1.82. The van der Waals surface area contributed by atoms with E-state index >= 15 is 0 Å². The van der Waals surface area contributed by atoms with Gasteiger partial charge in [0, 0.05) is 19.2 Å². The van der Waals surface area contributed by atoms with Gasteiger partial charge in [-0.3, -0.25) is 0 Å². The lowest BCUT2D eigenvalue weighted by Crippen LogP contribution is -2.09. The van der Waals surface area contributed by atoms with E-state index in [1.54, 1.807) is 19.2 Å². The van der Waals surface area contributed by atoms with E-state index in [0.717, 1.165) is 28.5 Å². The molecule has 8 nitrogen and oxygen atoms in total.